The monoisotopic (exact) mass is 302 g/mol. The summed E-state index contributed by atoms with van der Waals surface area (Å²) < 4.78 is 45.4. The summed E-state index contributed by atoms with van der Waals surface area (Å²) in [5.74, 6) is -1.13. The van der Waals surface area contributed by atoms with Crippen LogP contribution in [0.2, 0.25) is 0 Å². The van der Waals surface area contributed by atoms with Gasteiger partial charge < -0.3 is 15.2 Å². The highest BCUT2D eigenvalue weighted by Crippen LogP contribution is 2.30. The number of rotatable bonds is 5. The predicted octanol–water partition coefficient (Wildman–Crippen LogP) is 2.02. The zero-order chi connectivity index (χ0) is 16.0. The van der Waals surface area contributed by atoms with Crippen LogP contribution in [0.25, 0.3) is 0 Å². The summed E-state index contributed by atoms with van der Waals surface area (Å²) in [5.41, 5.74) is 5.43. The maximum atomic E-state index is 12.3. The Balaban J connectivity index is 3.20. The van der Waals surface area contributed by atoms with Crippen molar-refractivity contribution < 1.29 is 27.4 Å². The number of halogens is 3. The van der Waals surface area contributed by atoms with E-state index in [0.717, 1.165) is 6.07 Å². The summed E-state index contributed by atoms with van der Waals surface area (Å²) in [6.45, 7) is 1.46. The number of alkyl halides is 3. The summed E-state index contributed by atoms with van der Waals surface area (Å²) in [7, 11) is 0. The second kappa shape index (κ2) is 6.95. The smallest absolute Gasteiger partial charge is 0.466 e. The highest BCUT2D eigenvalue weighted by Gasteiger charge is 2.32. The fourth-order valence-corrected chi connectivity index (χ4v) is 1.75. The van der Waals surface area contributed by atoms with Gasteiger partial charge in [0.15, 0.2) is 0 Å². The van der Waals surface area contributed by atoms with Gasteiger partial charge in [-0.15, -0.1) is 13.2 Å². The molecule has 0 unspecified atom stereocenters. The predicted molar refractivity (Wildman–Crippen MR) is 66.1 cm³/mol. The van der Waals surface area contributed by atoms with Crippen molar-refractivity contribution in [1.29, 1.82) is 5.26 Å². The lowest BCUT2D eigenvalue weighted by Crippen LogP contribution is -2.20. The lowest BCUT2D eigenvalue weighted by Gasteiger charge is -2.15. The van der Waals surface area contributed by atoms with Crippen molar-refractivity contribution in [3.8, 4) is 11.8 Å². The van der Waals surface area contributed by atoms with E-state index in [4.69, 9.17) is 15.7 Å². The van der Waals surface area contributed by atoms with Crippen molar-refractivity contribution in [1.82, 2.24) is 0 Å². The molecule has 114 valence electrons. The molecule has 0 amide bonds. The molecular weight excluding hydrogens is 289 g/mol. The van der Waals surface area contributed by atoms with Gasteiger partial charge in [0.2, 0.25) is 0 Å². The Kier molecular flexibility index (Phi) is 5.55. The van der Waals surface area contributed by atoms with E-state index >= 15 is 0 Å². The zero-order valence-corrected chi connectivity index (χ0v) is 11.2. The van der Waals surface area contributed by atoms with E-state index < -0.39 is 18.1 Å². The van der Waals surface area contributed by atoms with Gasteiger partial charge in [-0.05, 0) is 18.6 Å². The number of esters is 1. The molecule has 0 fully saturated rings. The summed E-state index contributed by atoms with van der Waals surface area (Å²) in [4.78, 5) is 11.4. The van der Waals surface area contributed by atoms with Crippen molar-refractivity contribution in [3.05, 3.63) is 28.8 Å². The summed E-state index contributed by atoms with van der Waals surface area (Å²) in [6, 6.07) is 4.00. The molecule has 5 nitrogen and oxygen atoms in total. The van der Waals surface area contributed by atoms with Gasteiger partial charge in [-0.25, -0.2) is 0 Å². The van der Waals surface area contributed by atoms with Crippen LogP contribution in [0, 0.1) is 11.3 Å². The Morgan fingerprint density at radius 3 is 2.57 bits per heavy atom. The Morgan fingerprint density at radius 2 is 2.10 bits per heavy atom. The lowest BCUT2D eigenvalue weighted by atomic mass is 9.98. The van der Waals surface area contributed by atoms with Crippen LogP contribution in [0.5, 0.6) is 5.75 Å². The third-order valence-corrected chi connectivity index (χ3v) is 2.54. The third-order valence-electron chi connectivity index (χ3n) is 2.54. The molecular formula is C13H13F3N2O3. The number of benzene rings is 1. The fourth-order valence-electron chi connectivity index (χ4n) is 1.75. The van der Waals surface area contributed by atoms with Crippen molar-refractivity contribution in [2.45, 2.75) is 26.3 Å². The van der Waals surface area contributed by atoms with Crippen molar-refractivity contribution >= 4 is 5.97 Å². The van der Waals surface area contributed by atoms with Gasteiger partial charge in [-0.1, -0.05) is 6.07 Å². The van der Waals surface area contributed by atoms with Gasteiger partial charge in [-0.3, -0.25) is 4.79 Å². The van der Waals surface area contributed by atoms with E-state index in [9.17, 15) is 18.0 Å². The third kappa shape index (κ3) is 4.65. The number of nitrogens with two attached hydrogens (primary N) is 1. The standard InChI is InChI=1S/C13H13F3N2O3/c1-2-20-12(19)5-8-3-4-11(21-13(14,15)16)10(7-18)9(8)6-17/h3-4H,2,5,7,18H2,1H3. The molecule has 0 spiro atoms. The Morgan fingerprint density at radius 1 is 1.43 bits per heavy atom. The minimum Gasteiger partial charge on any atom is -0.466 e. The van der Waals surface area contributed by atoms with Crippen LogP contribution in [0.15, 0.2) is 12.1 Å². The molecule has 1 aromatic carbocycles. The number of carbonyl (C=O) groups excluding carboxylic acids is 1. The lowest BCUT2D eigenvalue weighted by molar-refractivity contribution is -0.274. The molecule has 21 heavy (non-hydrogen) atoms. The molecule has 0 saturated heterocycles. The first kappa shape index (κ1) is 16.8. The first-order chi connectivity index (χ1) is 9.82. The SMILES string of the molecule is CCOC(=O)Cc1ccc(OC(F)(F)F)c(CN)c1C#N. The zero-order valence-electron chi connectivity index (χ0n) is 11.2. The normalized spacial score (nSPS) is 10.9. The van der Waals surface area contributed by atoms with Crippen molar-refractivity contribution in [2.75, 3.05) is 6.61 Å². The van der Waals surface area contributed by atoms with Crippen molar-refractivity contribution in [3.63, 3.8) is 0 Å². The van der Waals surface area contributed by atoms with E-state index in [0.29, 0.717) is 0 Å². The molecule has 0 aromatic heterocycles. The number of hydrogen-bond acceptors (Lipinski definition) is 5. The Bertz CT molecular complexity index is 565. The highest BCUT2D eigenvalue weighted by atomic mass is 19.4. The molecule has 0 heterocycles. The molecule has 0 saturated carbocycles. The van der Waals surface area contributed by atoms with Crippen LogP contribution in [0.3, 0.4) is 0 Å². The average Bonchev–Trinajstić information content (AvgIpc) is 2.38. The topological polar surface area (TPSA) is 85.3 Å². The Hall–Kier alpha value is -2.27. The second-order valence-corrected chi connectivity index (χ2v) is 3.92. The minimum absolute atomic E-state index is 0.100. The first-order valence-corrected chi connectivity index (χ1v) is 5.98. The first-order valence-electron chi connectivity index (χ1n) is 5.98. The van der Waals surface area contributed by atoms with Crippen LogP contribution in [-0.2, 0) is 22.5 Å². The molecule has 1 aromatic rings. The molecule has 8 heteroatoms. The van der Waals surface area contributed by atoms with Crippen LogP contribution in [0.1, 0.15) is 23.6 Å². The molecule has 0 aliphatic carbocycles. The minimum atomic E-state index is -4.89. The fraction of sp³-hybridized carbons (Fsp3) is 0.385. The number of nitrogens with zero attached hydrogens (tertiary/aromatic N) is 1. The maximum Gasteiger partial charge on any atom is 0.573 e. The molecule has 0 radical (unpaired) electrons. The number of ether oxygens (including phenoxy) is 2. The van der Waals surface area contributed by atoms with Gasteiger partial charge in [0.1, 0.15) is 5.75 Å². The number of carbonyl (C=O) groups is 1. The summed E-state index contributed by atoms with van der Waals surface area (Å²) in [5, 5.41) is 9.10. The molecule has 0 aliphatic rings. The van der Waals surface area contributed by atoms with Gasteiger partial charge >= 0.3 is 12.3 Å². The van der Waals surface area contributed by atoms with Crippen LogP contribution >= 0.6 is 0 Å². The van der Waals surface area contributed by atoms with Gasteiger partial charge in [0, 0.05) is 12.1 Å². The van der Waals surface area contributed by atoms with Crippen LogP contribution in [0.4, 0.5) is 13.2 Å². The quantitative estimate of drug-likeness (QED) is 0.841. The second-order valence-electron chi connectivity index (χ2n) is 3.92. The van der Waals surface area contributed by atoms with E-state index in [-0.39, 0.29) is 36.3 Å². The van der Waals surface area contributed by atoms with Crippen molar-refractivity contribution in [2.24, 2.45) is 5.73 Å². The van der Waals surface area contributed by atoms with Gasteiger partial charge in [-0.2, -0.15) is 5.26 Å². The molecule has 0 aliphatic heterocycles. The number of hydrogen-bond donors (Lipinski definition) is 1. The van der Waals surface area contributed by atoms with Crippen LogP contribution < -0.4 is 10.5 Å². The van der Waals surface area contributed by atoms with E-state index in [1.54, 1.807) is 13.0 Å². The molecule has 0 bridgehead atoms. The number of nitriles is 1. The van der Waals surface area contributed by atoms with Gasteiger partial charge in [0.05, 0.1) is 24.7 Å². The highest BCUT2D eigenvalue weighted by molar-refractivity contribution is 5.74. The van der Waals surface area contributed by atoms with E-state index in [1.165, 1.54) is 6.07 Å². The van der Waals surface area contributed by atoms with E-state index in [1.807, 2.05) is 0 Å². The van der Waals surface area contributed by atoms with Crippen LogP contribution in [-0.4, -0.2) is 18.9 Å². The van der Waals surface area contributed by atoms with Gasteiger partial charge in [0.25, 0.3) is 0 Å². The summed E-state index contributed by atoms with van der Waals surface area (Å²) >= 11 is 0. The maximum absolute atomic E-state index is 12.3. The summed E-state index contributed by atoms with van der Waals surface area (Å²) in [6.07, 6.45) is -5.12. The average molecular weight is 302 g/mol. The molecule has 1 rings (SSSR count). The van der Waals surface area contributed by atoms with E-state index in [2.05, 4.69) is 4.74 Å². The largest absolute Gasteiger partial charge is 0.573 e. The molecule has 2 N–H and O–H groups in total. The molecule has 0 atom stereocenters. The Labute approximate surface area is 119 Å².